The third kappa shape index (κ3) is 3.04. The number of hydrogen-bond donors (Lipinski definition) is 1. The largest absolute Gasteiger partial charge is 0.393 e. The molecule has 0 aliphatic rings. The molecule has 1 heterocycles. The van der Waals surface area contributed by atoms with Gasteiger partial charge in [-0.3, -0.25) is 0 Å². The monoisotopic (exact) mass is 200 g/mol. The molecule has 1 aromatic rings. The first kappa shape index (κ1) is 10.6. The molecule has 1 unspecified atom stereocenters. The van der Waals surface area contributed by atoms with Gasteiger partial charge in [0, 0.05) is 11.8 Å². The first-order valence-corrected chi connectivity index (χ1v) is 5.18. The fourth-order valence-corrected chi connectivity index (χ4v) is 1.84. The van der Waals surface area contributed by atoms with E-state index in [2.05, 4.69) is 30.1 Å². The van der Waals surface area contributed by atoms with E-state index >= 15 is 0 Å². The fourth-order valence-electron chi connectivity index (χ4n) is 0.895. The van der Waals surface area contributed by atoms with E-state index in [-0.39, 0.29) is 11.5 Å². The van der Waals surface area contributed by atoms with Crippen molar-refractivity contribution in [2.45, 2.75) is 45.6 Å². The maximum absolute atomic E-state index is 9.16. The van der Waals surface area contributed by atoms with Crippen LogP contribution in [0.5, 0.6) is 0 Å². The number of rotatable bonds is 2. The Morgan fingerprint density at radius 1 is 1.46 bits per heavy atom. The standard InChI is InChI=1S/C9H16N2OS/c1-6(12)5-7-10-8(11-13-7)9(2,3)4/h6,12H,5H2,1-4H3. The third-order valence-electron chi connectivity index (χ3n) is 1.61. The molecule has 0 bridgehead atoms. The lowest BCUT2D eigenvalue weighted by Crippen LogP contribution is -2.13. The molecule has 1 atom stereocenters. The Balaban J connectivity index is 2.75. The van der Waals surface area contributed by atoms with Gasteiger partial charge in [0.05, 0.1) is 6.10 Å². The zero-order valence-corrected chi connectivity index (χ0v) is 9.35. The highest BCUT2D eigenvalue weighted by Crippen LogP contribution is 2.20. The van der Waals surface area contributed by atoms with E-state index in [0.29, 0.717) is 6.42 Å². The summed E-state index contributed by atoms with van der Waals surface area (Å²) in [5.41, 5.74) is 0.00738. The van der Waals surface area contributed by atoms with Gasteiger partial charge < -0.3 is 5.11 Å². The Morgan fingerprint density at radius 3 is 2.46 bits per heavy atom. The summed E-state index contributed by atoms with van der Waals surface area (Å²) in [6.45, 7) is 8.02. The molecule has 1 rings (SSSR count). The van der Waals surface area contributed by atoms with Gasteiger partial charge in [0.25, 0.3) is 0 Å². The van der Waals surface area contributed by atoms with E-state index in [4.69, 9.17) is 5.11 Å². The summed E-state index contributed by atoms with van der Waals surface area (Å²) in [5, 5.41) is 10.1. The van der Waals surface area contributed by atoms with Gasteiger partial charge in [-0.05, 0) is 18.5 Å². The molecule has 0 saturated heterocycles. The Labute approximate surface area is 83.0 Å². The normalized spacial score (nSPS) is 14.5. The number of aliphatic hydroxyl groups excluding tert-OH is 1. The van der Waals surface area contributed by atoms with Crippen LogP contribution in [0.1, 0.15) is 38.5 Å². The molecule has 4 heteroatoms. The highest BCUT2D eigenvalue weighted by molar-refractivity contribution is 7.05. The molecule has 1 aromatic heterocycles. The van der Waals surface area contributed by atoms with Crippen LogP contribution >= 0.6 is 11.5 Å². The highest BCUT2D eigenvalue weighted by Gasteiger charge is 2.19. The average molecular weight is 200 g/mol. The molecular weight excluding hydrogens is 184 g/mol. The van der Waals surface area contributed by atoms with Crippen molar-refractivity contribution in [2.75, 3.05) is 0 Å². The molecule has 0 aromatic carbocycles. The van der Waals surface area contributed by atoms with Crippen molar-refractivity contribution < 1.29 is 5.11 Å². The minimum atomic E-state index is -0.333. The Hall–Kier alpha value is -0.480. The number of aromatic nitrogens is 2. The second-order valence-electron chi connectivity index (χ2n) is 4.31. The number of aliphatic hydroxyl groups is 1. The summed E-state index contributed by atoms with van der Waals surface area (Å²) in [4.78, 5) is 4.37. The van der Waals surface area contributed by atoms with Crippen LogP contribution in [0.25, 0.3) is 0 Å². The van der Waals surface area contributed by atoms with E-state index < -0.39 is 0 Å². The number of nitrogens with zero attached hydrogens (tertiary/aromatic N) is 2. The van der Waals surface area contributed by atoms with Crippen molar-refractivity contribution >= 4 is 11.5 Å². The minimum absolute atomic E-state index is 0.00738. The number of hydrogen-bond acceptors (Lipinski definition) is 4. The summed E-state index contributed by atoms with van der Waals surface area (Å²) < 4.78 is 4.26. The van der Waals surface area contributed by atoms with Crippen LogP contribution in [-0.4, -0.2) is 20.6 Å². The molecule has 0 saturated carbocycles. The van der Waals surface area contributed by atoms with Crippen LogP contribution in [0.3, 0.4) is 0 Å². The Morgan fingerprint density at radius 2 is 2.08 bits per heavy atom. The molecule has 13 heavy (non-hydrogen) atoms. The first-order chi connectivity index (χ1) is 5.89. The predicted molar refractivity (Wildman–Crippen MR) is 54.0 cm³/mol. The van der Waals surface area contributed by atoms with Gasteiger partial charge in [-0.2, -0.15) is 4.37 Å². The van der Waals surface area contributed by atoms with E-state index in [1.807, 2.05) is 0 Å². The molecule has 74 valence electrons. The van der Waals surface area contributed by atoms with Crippen molar-refractivity contribution in [2.24, 2.45) is 0 Å². The molecule has 0 spiro atoms. The molecule has 0 fully saturated rings. The topological polar surface area (TPSA) is 46.0 Å². The molecule has 1 N–H and O–H groups in total. The summed E-state index contributed by atoms with van der Waals surface area (Å²) in [6, 6.07) is 0. The van der Waals surface area contributed by atoms with Gasteiger partial charge in [-0.1, -0.05) is 20.8 Å². The molecule has 0 aliphatic carbocycles. The summed E-state index contributed by atoms with van der Waals surface area (Å²) in [6.07, 6.45) is 0.272. The first-order valence-electron chi connectivity index (χ1n) is 4.40. The SMILES string of the molecule is CC(O)Cc1nc(C(C)(C)C)ns1. The van der Waals surface area contributed by atoms with Crippen LogP contribution in [0, 0.1) is 0 Å². The Bertz CT molecular complexity index is 275. The lowest BCUT2D eigenvalue weighted by atomic mass is 9.96. The lowest BCUT2D eigenvalue weighted by Gasteiger charge is -2.12. The molecule has 0 aliphatic heterocycles. The summed E-state index contributed by atoms with van der Waals surface area (Å²) >= 11 is 1.38. The van der Waals surface area contributed by atoms with Gasteiger partial charge in [0.15, 0.2) is 0 Å². The zero-order chi connectivity index (χ0) is 10.1. The quantitative estimate of drug-likeness (QED) is 0.791. The van der Waals surface area contributed by atoms with Gasteiger partial charge in [0.2, 0.25) is 0 Å². The summed E-state index contributed by atoms with van der Waals surface area (Å²) in [7, 11) is 0. The molecule has 0 amide bonds. The second-order valence-corrected chi connectivity index (χ2v) is 5.15. The van der Waals surface area contributed by atoms with Gasteiger partial charge >= 0.3 is 0 Å². The van der Waals surface area contributed by atoms with Crippen molar-refractivity contribution in [3.8, 4) is 0 Å². The average Bonchev–Trinajstić information content (AvgIpc) is 2.32. The zero-order valence-electron chi connectivity index (χ0n) is 8.53. The van der Waals surface area contributed by atoms with Crippen LogP contribution in [0.4, 0.5) is 0 Å². The van der Waals surface area contributed by atoms with Gasteiger partial charge in [-0.15, -0.1) is 0 Å². The second kappa shape index (κ2) is 3.72. The van der Waals surface area contributed by atoms with Crippen LogP contribution in [0.2, 0.25) is 0 Å². The third-order valence-corrected chi connectivity index (χ3v) is 2.34. The summed E-state index contributed by atoms with van der Waals surface area (Å²) in [5.74, 6) is 0.869. The van der Waals surface area contributed by atoms with Crippen molar-refractivity contribution in [3.63, 3.8) is 0 Å². The Kier molecular flexibility index (Phi) is 3.03. The van der Waals surface area contributed by atoms with Crippen molar-refractivity contribution in [3.05, 3.63) is 10.8 Å². The molecule has 0 radical (unpaired) electrons. The van der Waals surface area contributed by atoms with Gasteiger partial charge in [0.1, 0.15) is 10.8 Å². The van der Waals surface area contributed by atoms with Crippen LogP contribution < -0.4 is 0 Å². The fraction of sp³-hybridized carbons (Fsp3) is 0.778. The maximum atomic E-state index is 9.16. The molecule has 3 nitrogen and oxygen atoms in total. The highest BCUT2D eigenvalue weighted by atomic mass is 32.1. The van der Waals surface area contributed by atoms with Crippen molar-refractivity contribution in [1.29, 1.82) is 0 Å². The van der Waals surface area contributed by atoms with E-state index in [9.17, 15) is 0 Å². The lowest BCUT2D eigenvalue weighted by molar-refractivity contribution is 0.195. The van der Waals surface area contributed by atoms with Crippen LogP contribution in [0.15, 0.2) is 0 Å². The van der Waals surface area contributed by atoms with Crippen molar-refractivity contribution in [1.82, 2.24) is 9.36 Å². The smallest absolute Gasteiger partial charge is 0.147 e. The minimum Gasteiger partial charge on any atom is -0.393 e. The van der Waals surface area contributed by atoms with Gasteiger partial charge in [-0.25, -0.2) is 4.98 Å². The molecular formula is C9H16N2OS. The maximum Gasteiger partial charge on any atom is 0.147 e. The van der Waals surface area contributed by atoms with E-state index in [0.717, 1.165) is 10.8 Å². The van der Waals surface area contributed by atoms with E-state index in [1.165, 1.54) is 11.5 Å². The van der Waals surface area contributed by atoms with E-state index in [1.54, 1.807) is 6.92 Å². The predicted octanol–water partition coefficient (Wildman–Crippen LogP) is 1.76. The van der Waals surface area contributed by atoms with Crippen LogP contribution in [-0.2, 0) is 11.8 Å².